The van der Waals surface area contributed by atoms with Gasteiger partial charge in [0.15, 0.2) is 0 Å². The SMILES string of the molecule is CC1(C)C[C@H](Nc2nc(NCCc3ccc(SN4CCOCC4)cc3)ncc2C#N)CC[C@@H]1O.O.O. The van der Waals surface area contributed by atoms with Crippen LogP contribution in [0.1, 0.15) is 44.2 Å². The summed E-state index contributed by atoms with van der Waals surface area (Å²) in [7, 11) is 0. The highest BCUT2D eigenvalue weighted by atomic mass is 32.2. The largest absolute Gasteiger partial charge is 0.412 e. The summed E-state index contributed by atoms with van der Waals surface area (Å²) < 4.78 is 7.74. The fourth-order valence-electron chi connectivity index (χ4n) is 4.42. The molecule has 0 spiro atoms. The normalized spacial score (nSPS) is 21.4. The highest BCUT2D eigenvalue weighted by Crippen LogP contribution is 2.37. The molecule has 11 heteroatoms. The average Bonchev–Trinajstić information content (AvgIpc) is 2.83. The second kappa shape index (κ2) is 13.7. The van der Waals surface area contributed by atoms with Crippen LogP contribution in [0.3, 0.4) is 0 Å². The van der Waals surface area contributed by atoms with E-state index >= 15 is 0 Å². The van der Waals surface area contributed by atoms with Crippen LogP contribution in [0.2, 0.25) is 0 Å². The highest BCUT2D eigenvalue weighted by molar-refractivity contribution is 7.97. The summed E-state index contributed by atoms with van der Waals surface area (Å²) in [6, 6.07) is 11.0. The van der Waals surface area contributed by atoms with Gasteiger partial charge in [0, 0.05) is 30.6 Å². The molecule has 1 aliphatic carbocycles. The zero-order valence-electron chi connectivity index (χ0n) is 21.0. The van der Waals surface area contributed by atoms with Crippen molar-refractivity contribution in [1.29, 1.82) is 5.26 Å². The summed E-state index contributed by atoms with van der Waals surface area (Å²) in [5.41, 5.74) is 1.52. The Balaban J connectivity index is 0.00000228. The fourth-order valence-corrected chi connectivity index (χ4v) is 5.31. The monoisotopic (exact) mass is 518 g/mol. The van der Waals surface area contributed by atoms with E-state index in [0.717, 1.165) is 52.0 Å². The zero-order chi connectivity index (χ0) is 24.0. The number of nitrogens with zero attached hydrogens (tertiary/aromatic N) is 4. The molecule has 10 nitrogen and oxygen atoms in total. The van der Waals surface area contributed by atoms with Crippen LogP contribution < -0.4 is 10.6 Å². The van der Waals surface area contributed by atoms with Crippen LogP contribution in [-0.2, 0) is 11.2 Å². The van der Waals surface area contributed by atoms with Crippen molar-refractivity contribution in [3.05, 3.63) is 41.6 Å². The number of hydrogen-bond acceptors (Lipinski definition) is 9. The molecule has 2 aliphatic rings. The van der Waals surface area contributed by atoms with Gasteiger partial charge in [-0.05, 0) is 60.7 Å². The molecule has 7 N–H and O–H groups in total. The molecule has 36 heavy (non-hydrogen) atoms. The third kappa shape index (κ3) is 8.03. The van der Waals surface area contributed by atoms with Crippen molar-refractivity contribution in [2.45, 2.75) is 56.6 Å². The maximum atomic E-state index is 10.2. The van der Waals surface area contributed by atoms with Gasteiger partial charge in [-0.15, -0.1) is 0 Å². The van der Waals surface area contributed by atoms with E-state index in [1.54, 1.807) is 18.1 Å². The van der Waals surface area contributed by atoms with Crippen LogP contribution in [-0.4, -0.2) is 75.3 Å². The average molecular weight is 519 g/mol. The topological polar surface area (TPSA) is 169 Å². The summed E-state index contributed by atoms with van der Waals surface area (Å²) in [6.45, 7) is 8.37. The Bertz CT molecular complexity index is 995. The third-order valence-electron chi connectivity index (χ3n) is 6.54. The van der Waals surface area contributed by atoms with Crippen LogP contribution in [0, 0.1) is 16.7 Å². The molecule has 198 valence electrons. The van der Waals surface area contributed by atoms with Crippen molar-refractivity contribution in [2.75, 3.05) is 43.5 Å². The van der Waals surface area contributed by atoms with Crippen LogP contribution in [0.15, 0.2) is 35.4 Å². The molecular formula is C25H38N6O4S. The molecule has 4 rings (SSSR count). The fraction of sp³-hybridized carbons (Fsp3) is 0.560. The van der Waals surface area contributed by atoms with Gasteiger partial charge in [0.2, 0.25) is 5.95 Å². The van der Waals surface area contributed by atoms with Crippen LogP contribution >= 0.6 is 11.9 Å². The molecule has 2 heterocycles. The number of anilines is 2. The first-order chi connectivity index (χ1) is 16.4. The third-order valence-corrected chi connectivity index (χ3v) is 7.64. The molecule has 2 atom stereocenters. The van der Waals surface area contributed by atoms with Gasteiger partial charge in [-0.25, -0.2) is 9.29 Å². The molecule has 0 amide bonds. The number of hydrogen-bond donors (Lipinski definition) is 3. The van der Waals surface area contributed by atoms with E-state index in [1.165, 1.54) is 10.5 Å². The van der Waals surface area contributed by atoms with Crippen molar-refractivity contribution < 1.29 is 20.8 Å². The Morgan fingerprint density at radius 2 is 1.92 bits per heavy atom. The first-order valence-electron chi connectivity index (χ1n) is 12.0. The summed E-state index contributed by atoms with van der Waals surface area (Å²) in [5, 5.41) is 26.4. The molecule has 1 saturated carbocycles. The van der Waals surface area contributed by atoms with Crippen molar-refractivity contribution in [3.8, 4) is 6.07 Å². The van der Waals surface area contributed by atoms with Crippen molar-refractivity contribution in [2.24, 2.45) is 5.41 Å². The molecular weight excluding hydrogens is 480 g/mol. The minimum atomic E-state index is -0.296. The second-order valence-electron chi connectivity index (χ2n) is 9.65. The lowest BCUT2D eigenvalue weighted by Crippen LogP contribution is -2.41. The van der Waals surface area contributed by atoms with Crippen molar-refractivity contribution in [3.63, 3.8) is 0 Å². The van der Waals surface area contributed by atoms with Gasteiger partial charge in [0.25, 0.3) is 0 Å². The summed E-state index contributed by atoms with van der Waals surface area (Å²) >= 11 is 1.78. The first kappa shape index (κ1) is 29.8. The highest BCUT2D eigenvalue weighted by Gasteiger charge is 2.35. The number of ether oxygens (including phenoxy) is 1. The van der Waals surface area contributed by atoms with Gasteiger partial charge in [-0.2, -0.15) is 10.2 Å². The quantitative estimate of drug-likeness (QED) is 0.443. The van der Waals surface area contributed by atoms with Crippen molar-refractivity contribution in [1.82, 2.24) is 14.3 Å². The van der Waals surface area contributed by atoms with Gasteiger partial charge in [-0.3, -0.25) is 0 Å². The first-order valence-corrected chi connectivity index (χ1v) is 12.8. The van der Waals surface area contributed by atoms with E-state index in [0.29, 0.717) is 23.9 Å². The van der Waals surface area contributed by atoms with Gasteiger partial charge < -0.3 is 31.4 Å². The number of benzene rings is 1. The smallest absolute Gasteiger partial charge is 0.224 e. The molecule has 1 saturated heterocycles. The summed E-state index contributed by atoms with van der Waals surface area (Å²) in [4.78, 5) is 10.1. The number of aliphatic hydroxyl groups excluding tert-OH is 1. The molecule has 1 aromatic carbocycles. The number of nitrogens with one attached hydrogen (secondary N) is 2. The number of morpholine rings is 1. The van der Waals surface area contributed by atoms with E-state index in [1.807, 2.05) is 0 Å². The van der Waals surface area contributed by atoms with E-state index in [9.17, 15) is 10.4 Å². The minimum absolute atomic E-state index is 0. The molecule has 1 aliphatic heterocycles. The van der Waals surface area contributed by atoms with Gasteiger partial charge in [0.05, 0.1) is 25.5 Å². The maximum absolute atomic E-state index is 10.2. The Morgan fingerprint density at radius 3 is 2.58 bits per heavy atom. The number of rotatable bonds is 8. The predicted octanol–water partition coefficient (Wildman–Crippen LogP) is 2.04. The number of nitriles is 1. The minimum Gasteiger partial charge on any atom is -0.412 e. The molecule has 0 radical (unpaired) electrons. The maximum Gasteiger partial charge on any atom is 0.224 e. The Hall–Kier alpha value is -2.46. The van der Waals surface area contributed by atoms with E-state index in [-0.39, 0.29) is 28.5 Å². The van der Waals surface area contributed by atoms with Gasteiger partial charge >= 0.3 is 0 Å². The molecule has 0 unspecified atom stereocenters. The summed E-state index contributed by atoms with van der Waals surface area (Å²) in [5.74, 6) is 1.07. The molecule has 0 bridgehead atoms. The summed E-state index contributed by atoms with van der Waals surface area (Å²) in [6.07, 6.45) is 4.54. The predicted molar refractivity (Wildman–Crippen MR) is 142 cm³/mol. The lowest BCUT2D eigenvalue weighted by atomic mass is 9.73. The molecule has 2 aromatic rings. The lowest BCUT2D eigenvalue weighted by Gasteiger charge is -2.40. The standard InChI is InChI=1S/C25H34N6O2S.2H2O/c1-25(2)15-20(5-8-22(25)32)29-23-19(16-26)17-28-24(30-23)27-10-9-18-3-6-21(7-4-18)34-31-11-13-33-14-12-31;;/h3-4,6-7,17,20,22,32H,5,8-15H2,1-2H3,(H2,27,28,29,30);2*1H2/t20-,22+;;/m1../s1. The van der Waals surface area contributed by atoms with Crippen LogP contribution in [0.25, 0.3) is 0 Å². The Morgan fingerprint density at radius 1 is 1.19 bits per heavy atom. The molecule has 2 fully saturated rings. The lowest BCUT2D eigenvalue weighted by molar-refractivity contribution is 0.00926. The van der Waals surface area contributed by atoms with Gasteiger partial charge in [-0.1, -0.05) is 26.0 Å². The zero-order valence-corrected chi connectivity index (χ0v) is 21.8. The van der Waals surface area contributed by atoms with E-state index in [2.05, 4.69) is 69.1 Å². The second-order valence-corrected chi connectivity index (χ2v) is 10.8. The molecule has 1 aromatic heterocycles. The Labute approximate surface area is 217 Å². The van der Waals surface area contributed by atoms with E-state index in [4.69, 9.17) is 4.74 Å². The van der Waals surface area contributed by atoms with Gasteiger partial charge in [0.1, 0.15) is 17.5 Å². The number of aromatic nitrogens is 2. The van der Waals surface area contributed by atoms with Crippen molar-refractivity contribution >= 4 is 23.7 Å². The van der Waals surface area contributed by atoms with E-state index < -0.39 is 0 Å². The van der Waals surface area contributed by atoms with Crippen LogP contribution in [0.5, 0.6) is 0 Å². The number of aliphatic hydroxyl groups is 1. The Kier molecular flexibility index (Phi) is 11.4. The van der Waals surface area contributed by atoms with Crippen LogP contribution in [0.4, 0.5) is 11.8 Å².